The summed E-state index contributed by atoms with van der Waals surface area (Å²) in [4.78, 5) is 3.62. The fourth-order valence-corrected chi connectivity index (χ4v) is 1.89. The van der Waals surface area contributed by atoms with Gasteiger partial charge in [0.15, 0.2) is 11.6 Å². The highest BCUT2D eigenvalue weighted by molar-refractivity contribution is 7.99. The minimum absolute atomic E-state index is 0.00130. The average Bonchev–Trinajstić information content (AvgIpc) is 2.24. The van der Waals surface area contributed by atoms with Crippen molar-refractivity contribution in [3.05, 3.63) is 23.9 Å². The summed E-state index contributed by atoms with van der Waals surface area (Å²) in [5.74, 6) is -1.44. The van der Waals surface area contributed by atoms with Crippen molar-refractivity contribution in [1.29, 1.82) is 0 Å². The van der Waals surface area contributed by atoms with E-state index in [2.05, 4.69) is 10.3 Å². The lowest BCUT2D eigenvalue weighted by molar-refractivity contribution is 0.288. The van der Waals surface area contributed by atoms with Gasteiger partial charge in [0.2, 0.25) is 0 Å². The Balaban J connectivity index is 2.72. The number of aliphatic hydroxyl groups is 1. The molecule has 0 aromatic carbocycles. The van der Waals surface area contributed by atoms with E-state index in [1.807, 2.05) is 13.2 Å². The first-order valence-corrected chi connectivity index (χ1v) is 6.08. The zero-order valence-electron chi connectivity index (χ0n) is 9.08. The van der Waals surface area contributed by atoms with Gasteiger partial charge in [0.1, 0.15) is 5.82 Å². The Labute approximate surface area is 97.3 Å². The monoisotopic (exact) mass is 248 g/mol. The van der Waals surface area contributed by atoms with Crippen molar-refractivity contribution in [2.45, 2.75) is 18.2 Å². The standard InChI is InChI=1S/C10H14F2N2OS/c1-6(9(5-15)16-2)14-10-8(12)3-7(11)4-13-10/h3-4,6,9,15H,5H2,1-2H3,(H,13,14). The van der Waals surface area contributed by atoms with Gasteiger partial charge in [0, 0.05) is 17.4 Å². The number of hydrogen-bond donors (Lipinski definition) is 2. The van der Waals surface area contributed by atoms with Crippen molar-refractivity contribution < 1.29 is 13.9 Å². The number of hydrogen-bond acceptors (Lipinski definition) is 4. The second-order valence-corrected chi connectivity index (χ2v) is 4.45. The molecule has 1 aromatic rings. The maximum atomic E-state index is 13.2. The molecule has 3 nitrogen and oxygen atoms in total. The quantitative estimate of drug-likeness (QED) is 0.835. The molecule has 0 bridgehead atoms. The van der Waals surface area contributed by atoms with Gasteiger partial charge in [-0.2, -0.15) is 11.8 Å². The molecule has 0 amide bonds. The summed E-state index contributed by atoms with van der Waals surface area (Å²) in [5.41, 5.74) is 0. The third-order valence-electron chi connectivity index (χ3n) is 2.21. The molecule has 1 aromatic heterocycles. The Morgan fingerprint density at radius 2 is 2.25 bits per heavy atom. The van der Waals surface area contributed by atoms with Gasteiger partial charge in [-0.25, -0.2) is 13.8 Å². The summed E-state index contributed by atoms with van der Waals surface area (Å²) in [6, 6.07) is 0.613. The molecule has 0 radical (unpaired) electrons. The Morgan fingerprint density at radius 1 is 1.56 bits per heavy atom. The van der Waals surface area contributed by atoms with E-state index in [-0.39, 0.29) is 23.7 Å². The first-order chi connectivity index (χ1) is 7.58. The van der Waals surface area contributed by atoms with E-state index >= 15 is 0 Å². The van der Waals surface area contributed by atoms with Crippen molar-refractivity contribution in [2.24, 2.45) is 0 Å². The van der Waals surface area contributed by atoms with Gasteiger partial charge in [0.05, 0.1) is 12.8 Å². The van der Waals surface area contributed by atoms with Crippen LogP contribution in [0.4, 0.5) is 14.6 Å². The molecule has 6 heteroatoms. The first-order valence-electron chi connectivity index (χ1n) is 4.79. The van der Waals surface area contributed by atoms with E-state index < -0.39 is 11.6 Å². The summed E-state index contributed by atoms with van der Waals surface area (Å²) in [7, 11) is 0. The topological polar surface area (TPSA) is 45.1 Å². The van der Waals surface area contributed by atoms with Gasteiger partial charge in [-0.1, -0.05) is 0 Å². The van der Waals surface area contributed by atoms with Crippen LogP contribution in [0, 0.1) is 11.6 Å². The van der Waals surface area contributed by atoms with Gasteiger partial charge in [0.25, 0.3) is 0 Å². The zero-order valence-corrected chi connectivity index (χ0v) is 9.89. The molecule has 2 N–H and O–H groups in total. The molecule has 16 heavy (non-hydrogen) atoms. The Bertz CT molecular complexity index is 348. The van der Waals surface area contributed by atoms with Crippen molar-refractivity contribution >= 4 is 17.6 Å². The largest absolute Gasteiger partial charge is 0.395 e. The first kappa shape index (κ1) is 13.2. The highest BCUT2D eigenvalue weighted by Gasteiger charge is 2.17. The van der Waals surface area contributed by atoms with Crippen molar-refractivity contribution in [1.82, 2.24) is 4.98 Å². The van der Waals surface area contributed by atoms with E-state index in [1.165, 1.54) is 11.8 Å². The molecule has 2 unspecified atom stereocenters. The third kappa shape index (κ3) is 3.31. The number of nitrogens with one attached hydrogen (secondary N) is 1. The lowest BCUT2D eigenvalue weighted by Crippen LogP contribution is -2.31. The average molecular weight is 248 g/mol. The van der Waals surface area contributed by atoms with Crippen molar-refractivity contribution in [2.75, 3.05) is 18.2 Å². The van der Waals surface area contributed by atoms with Gasteiger partial charge < -0.3 is 10.4 Å². The molecule has 0 spiro atoms. The molecule has 0 aliphatic carbocycles. The summed E-state index contributed by atoms with van der Waals surface area (Å²) in [6.45, 7) is 1.79. The third-order valence-corrected chi connectivity index (χ3v) is 3.38. The van der Waals surface area contributed by atoms with Gasteiger partial charge in [-0.15, -0.1) is 0 Å². The highest BCUT2D eigenvalue weighted by Crippen LogP contribution is 2.17. The number of aliphatic hydroxyl groups excluding tert-OH is 1. The lowest BCUT2D eigenvalue weighted by Gasteiger charge is -2.21. The molecule has 0 saturated heterocycles. The summed E-state index contributed by atoms with van der Waals surface area (Å²) in [5, 5.41) is 11.8. The second-order valence-electron chi connectivity index (χ2n) is 3.37. The summed E-state index contributed by atoms with van der Waals surface area (Å²) >= 11 is 1.47. The summed E-state index contributed by atoms with van der Waals surface area (Å²) < 4.78 is 25.8. The van der Waals surface area contributed by atoms with Crippen molar-refractivity contribution in [3.8, 4) is 0 Å². The molecule has 0 saturated carbocycles. The number of pyridine rings is 1. The molecule has 2 atom stereocenters. The fourth-order valence-electron chi connectivity index (χ4n) is 1.27. The molecular formula is C10H14F2N2OS. The second kappa shape index (κ2) is 6.00. The van der Waals surface area contributed by atoms with E-state index in [4.69, 9.17) is 5.11 Å². The number of nitrogens with zero attached hydrogens (tertiary/aromatic N) is 1. The van der Waals surface area contributed by atoms with Gasteiger partial charge >= 0.3 is 0 Å². The SMILES string of the molecule is CSC(CO)C(C)Nc1ncc(F)cc1F. The van der Waals surface area contributed by atoms with Crippen LogP contribution in [0.25, 0.3) is 0 Å². The van der Waals surface area contributed by atoms with Crippen LogP contribution in [0.3, 0.4) is 0 Å². The minimum Gasteiger partial charge on any atom is -0.395 e. The van der Waals surface area contributed by atoms with Crippen LogP contribution in [0.15, 0.2) is 12.3 Å². The van der Waals surface area contributed by atoms with Gasteiger partial charge in [-0.05, 0) is 13.2 Å². The molecule has 0 aliphatic heterocycles. The fraction of sp³-hybridized carbons (Fsp3) is 0.500. The smallest absolute Gasteiger partial charge is 0.168 e. The predicted octanol–water partition coefficient (Wildman–Crippen LogP) is 1.88. The zero-order chi connectivity index (χ0) is 12.1. The molecule has 1 heterocycles. The Morgan fingerprint density at radius 3 is 2.75 bits per heavy atom. The number of anilines is 1. The molecule has 0 aliphatic rings. The van der Waals surface area contributed by atoms with E-state index in [0.717, 1.165) is 12.3 Å². The Kier molecular flexibility index (Phi) is 4.95. The number of aromatic nitrogens is 1. The number of thioether (sulfide) groups is 1. The van der Waals surface area contributed by atoms with E-state index in [1.54, 1.807) is 0 Å². The molecule has 90 valence electrons. The minimum atomic E-state index is -0.732. The van der Waals surface area contributed by atoms with Crippen LogP contribution in [-0.4, -0.2) is 34.2 Å². The lowest BCUT2D eigenvalue weighted by atomic mass is 10.2. The van der Waals surface area contributed by atoms with Crippen LogP contribution >= 0.6 is 11.8 Å². The predicted molar refractivity (Wildman–Crippen MR) is 61.6 cm³/mol. The summed E-state index contributed by atoms with van der Waals surface area (Å²) in [6.07, 6.45) is 2.80. The van der Waals surface area contributed by atoms with E-state index in [0.29, 0.717) is 0 Å². The van der Waals surface area contributed by atoms with Crippen LogP contribution in [0.5, 0.6) is 0 Å². The number of rotatable bonds is 5. The Hall–Kier alpha value is -0.880. The molecular weight excluding hydrogens is 234 g/mol. The van der Waals surface area contributed by atoms with Crippen LogP contribution in [0.1, 0.15) is 6.92 Å². The van der Waals surface area contributed by atoms with E-state index in [9.17, 15) is 8.78 Å². The van der Waals surface area contributed by atoms with Crippen LogP contribution in [0.2, 0.25) is 0 Å². The molecule has 1 rings (SSSR count). The molecule has 0 fully saturated rings. The van der Waals surface area contributed by atoms with Crippen LogP contribution < -0.4 is 5.32 Å². The number of halogens is 2. The van der Waals surface area contributed by atoms with Gasteiger partial charge in [-0.3, -0.25) is 0 Å². The highest BCUT2D eigenvalue weighted by atomic mass is 32.2. The van der Waals surface area contributed by atoms with Crippen molar-refractivity contribution in [3.63, 3.8) is 0 Å². The normalized spacial score (nSPS) is 14.6. The van der Waals surface area contributed by atoms with Crippen LogP contribution in [-0.2, 0) is 0 Å². The maximum Gasteiger partial charge on any atom is 0.168 e. The maximum absolute atomic E-state index is 13.2.